The third-order valence-electron chi connectivity index (χ3n) is 4.64. The van der Waals surface area contributed by atoms with E-state index < -0.39 is 12.2 Å². The molecule has 0 aromatic heterocycles. The Balaban J connectivity index is 2.19. The average molecular weight is 371 g/mol. The maximum atomic E-state index is 10.9. The summed E-state index contributed by atoms with van der Waals surface area (Å²) in [7, 11) is -0.363. The molecule has 1 fully saturated rings. The zero-order chi connectivity index (χ0) is 20.0. The second kappa shape index (κ2) is 9.22. The van der Waals surface area contributed by atoms with Gasteiger partial charge >= 0.3 is 13.2 Å². The summed E-state index contributed by atoms with van der Waals surface area (Å²) < 4.78 is 27.8. The molecule has 8 heteroatoms. The van der Waals surface area contributed by atoms with E-state index in [2.05, 4.69) is 0 Å². The zero-order valence-corrected chi connectivity index (χ0v) is 17.2. The van der Waals surface area contributed by atoms with Crippen LogP contribution in [-0.2, 0) is 23.5 Å². The molecule has 1 aliphatic rings. The minimum Gasteiger partial charge on any atom is -0.443 e. The van der Waals surface area contributed by atoms with Crippen molar-refractivity contribution in [3.05, 3.63) is 12.1 Å². The van der Waals surface area contributed by atoms with Gasteiger partial charge in [-0.15, -0.1) is 0 Å². The molecule has 1 atom stereocenters. The predicted octanol–water partition coefficient (Wildman–Crippen LogP) is 2.72. The van der Waals surface area contributed by atoms with Crippen LogP contribution in [0.1, 0.15) is 48.5 Å². The molecular weight excluding hydrogens is 337 g/mol. The van der Waals surface area contributed by atoms with Gasteiger partial charge in [0.1, 0.15) is 6.10 Å². The molecule has 0 spiro atoms. The van der Waals surface area contributed by atoms with E-state index in [9.17, 15) is 4.79 Å². The summed E-state index contributed by atoms with van der Waals surface area (Å²) in [6.45, 7) is 15.5. The van der Waals surface area contributed by atoms with Gasteiger partial charge in [0.05, 0.1) is 37.6 Å². The van der Waals surface area contributed by atoms with E-state index in [-0.39, 0.29) is 30.3 Å². The molecule has 1 rings (SSSR count). The Morgan fingerprint density at radius 1 is 1.12 bits per heavy atom. The summed E-state index contributed by atoms with van der Waals surface area (Å²) in [4.78, 5) is 10.9. The van der Waals surface area contributed by atoms with Gasteiger partial charge in [0.25, 0.3) is 0 Å². The van der Waals surface area contributed by atoms with E-state index >= 15 is 0 Å². The summed E-state index contributed by atoms with van der Waals surface area (Å²) in [5.74, 6) is 1.85. The van der Waals surface area contributed by atoms with Crippen molar-refractivity contribution < 1.29 is 28.3 Å². The first-order valence-electron chi connectivity index (χ1n) is 8.99. The smallest absolute Gasteiger partial charge is 0.443 e. The number of rotatable bonds is 9. The molecule has 0 saturated carbocycles. The summed E-state index contributed by atoms with van der Waals surface area (Å²) >= 11 is 0. The zero-order valence-electron chi connectivity index (χ0n) is 17.2. The van der Waals surface area contributed by atoms with Crippen molar-refractivity contribution in [1.29, 1.82) is 0 Å². The summed E-state index contributed by atoms with van der Waals surface area (Å²) in [6, 6.07) is 0. The minimum atomic E-state index is -0.794. The van der Waals surface area contributed by atoms with Crippen LogP contribution in [-0.4, -0.2) is 56.9 Å². The lowest BCUT2D eigenvalue weighted by atomic mass is 9.89. The third kappa shape index (κ3) is 7.27. The molecule has 1 unspecified atom stereocenters. The summed E-state index contributed by atoms with van der Waals surface area (Å²) in [5.41, 5.74) is 4.16. The van der Waals surface area contributed by atoms with E-state index in [0.29, 0.717) is 19.8 Å². The average Bonchev–Trinajstić information content (AvgIpc) is 2.66. The molecule has 1 saturated heterocycles. The number of carbonyl (C=O) groups excluding carboxylic acids is 1. The summed E-state index contributed by atoms with van der Waals surface area (Å²) in [5, 5.41) is 0. The number of nitrogens with two attached hydrogens (primary N) is 1. The fourth-order valence-corrected chi connectivity index (χ4v) is 2.19. The maximum Gasteiger partial charge on any atom is 0.486 e. The quantitative estimate of drug-likeness (QED) is 0.495. The van der Waals surface area contributed by atoms with Crippen LogP contribution in [0.4, 0.5) is 4.79 Å². The van der Waals surface area contributed by atoms with Crippen molar-refractivity contribution in [2.24, 2.45) is 11.1 Å². The number of primary amides is 1. The van der Waals surface area contributed by atoms with Gasteiger partial charge in [-0.3, -0.25) is 0 Å². The van der Waals surface area contributed by atoms with Crippen molar-refractivity contribution in [3.8, 4) is 0 Å². The van der Waals surface area contributed by atoms with Crippen molar-refractivity contribution in [3.63, 3.8) is 0 Å². The molecule has 1 aliphatic heterocycles. The Bertz CT molecular complexity index is 471. The van der Waals surface area contributed by atoms with Gasteiger partial charge in [-0.2, -0.15) is 0 Å². The van der Waals surface area contributed by atoms with E-state index in [4.69, 9.17) is 29.3 Å². The Morgan fingerprint density at radius 3 is 2.15 bits per heavy atom. The first-order chi connectivity index (χ1) is 11.8. The maximum absolute atomic E-state index is 10.9. The second-order valence-electron chi connectivity index (χ2n) is 8.49. The highest BCUT2D eigenvalue weighted by atomic mass is 16.7. The van der Waals surface area contributed by atoms with Crippen LogP contribution in [0.15, 0.2) is 12.1 Å². The summed E-state index contributed by atoms with van der Waals surface area (Å²) in [6.07, 6.45) is 0.678. The fraction of sp³-hybridized carbons (Fsp3) is 0.833. The van der Waals surface area contributed by atoms with Crippen LogP contribution in [0.25, 0.3) is 0 Å². The lowest BCUT2D eigenvalue weighted by Crippen LogP contribution is -2.41. The molecule has 26 heavy (non-hydrogen) atoms. The van der Waals surface area contributed by atoms with E-state index in [1.807, 2.05) is 60.5 Å². The standard InChI is InChI=1S/C18H34BNO6/c1-16(2,3)14(24-15(20)21)13-23-12-11-22-10-8-9-19-25-17(4,5)18(6,7)26-19/h8-9,14H,10-13H2,1-7H3,(H2,20,21). The highest BCUT2D eigenvalue weighted by molar-refractivity contribution is 6.51. The van der Waals surface area contributed by atoms with Gasteiger partial charge in [-0.25, -0.2) is 4.79 Å². The molecule has 1 amide bonds. The molecule has 2 N–H and O–H groups in total. The monoisotopic (exact) mass is 371 g/mol. The SMILES string of the molecule is CC(C)(C)C(COCCOCC=CB1OC(C)(C)C(C)(C)O1)OC(N)=O. The minimum absolute atomic E-state index is 0.249. The van der Waals surface area contributed by atoms with Crippen LogP contribution < -0.4 is 5.73 Å². The highest BCUT2D eigenvalue weighted by Crippen LogP contribution is 2.36. The number of amides is 1. The number of hydrogen-bond donors (Lipinski definition) is 1. The largest absolute Gasteiger partial charge is 0.486 e. The Hall–Kier alpha value is -1.09. The molecule has 0 aliphatic carbocycles. The molecule has 0 bridgehead atoms. The lowest BCUT2D eigenvalue weighted by Gasteiger charge is -2.32. The molecule has 0 radical (unpaired) electrons. The van der Waals surface area contributed by atoms with E-state index in [0.717, 1.165) is 0 Å². The number of carbonyl (C=O) groups is 1. The number of ether oxygens (including phenoxy) is 3. The molecule has 0 aromatic carbocycles. The van der Waals surface area contributed by atoms with Crippen LogP contribution in [0.3, 0.4) is 0 Å². The first kappa shape index (κ1) is 23.0. The first-order valence-corrected chi connectivity index (χ1v) is 8.99. The Kier molecular flexibility index (Phi) is 8.14. The van der Waals surface area contributed by atoms with Gasteiger partial charge in [0.15, 0.2) is 0 Å². The van der Waals surface area contributed by atoms with Gasteiger partial charge in [0, 0.05) is 5.41 Å². The second-order valence-corrected chi connectivity index (χ2v) is 8.49. The van der Waals surface area contributed by atoms with E-state index in [1.54, 1.807) is 0 Å². The third-order valence-corrected chi connectivity index (χ3v) is 4.64. The van der Waals surface area contributed by atoms with Crippen LogP contribution in [0.2, 0.25) is 0 Å². The van der Waals surface area contributed by atoms with Crippen LogP contribution in [0, 0.1) is 5.41 Å². The van der Waals surface area contributed by atoms with Crippen LogP contribution >= 0.6 is 0 Å². The van der Waals surface area contributed by atoms with Crippen molar-refractivity contribution in [2.75, 3.05) is 26.4 Å². The normalized spacial score (nSPS) is 20.5. The van der Waals surface area contributed by atoms with Gasteiger partial charge < -0.3 is 29.3 Å². The van der Waals surface area contributed by atoms with Gasteiger partial charge in [0.2, 0.25) is 0 Å². The molecule has 150 valence electrons. The molecule has 0 aromatic rings. The Morgan fingerprint density at radius 2 is 1.65 bits per heavy atom. The molecular formula is C18H34BNO6. The topological polar surface area (TPSA) is 89.2 Å². The Labute approximate surface area is 157 Å². The van der Waals surface area contributed by atoms with Crippen molar-refractivity contribution in [1.82, 2.24) is 0 Å². The van der Waals surface area contributed by atoms with Crippen molar-refractivity contribution in [2.45, 2.75) is 65.8 Å². The lowest BCUT2D eigenvalue weighted by molar-refractivity contribution is -0.0396. The number of hydrogen-bond acceptors (Lipinski definition) is 6. The van der Waals surface area contributed by atoms with Gasteiger partial charge in [-0.05, 0) is 27.7 Å². The molecule has 7 nitrogen and oxygen atoms in total. The fourth-order valence-electron chi connectivity index (χ4n) is 2.19. The highest BCUT2D eigenvalue weighted by Gasteiger charge is 2.49. The van der Waals surface area contributed by atoms with Crippen molar-refractivity contribution >= 4 is 13.2 Å². The van der Waals surface area contributed by atoms with Crippen LogP contribution in [0.5, 0.6) is 0 Å². The van der Waals surface area contributed by atoms with Gasteiger partial charge in [-0.1, -0.05) is 32.8 Å². The van der Waals surface area contributed by atoms with E-state index in [1.165, 1.54) is 0 Å². The predicted molar refractivity (Wildman–Crippen MR) is 101 cm³/mol. The molecule has 1 heterocycles.